The van der Waals surface area contributed by atoms with Gasteiger partial charge in [-0.15, -0.1) is 0 Å². The highest BCUT2D eigenvalue weighted by Gasteiger charge is 2.31. The van der Waals surface area contributed by atoms with E-state index >= 15 is 0 Å². The lowest BCUT2D eigenvalue weighted by molar-refractivity contribution is -0.116. The largest absolute Gasteiger partial charge is 0.277 e. The van der Waals surface area contributed by atoms with Crippen LogP contribution in [0.3, 0.4) is 0 Å². The Morgan fingerprint density at radius 1 is 1.11 bits per heavy atom. The van der Waals surface area contributed by atoms with E-state index in [4.69, 9.17) is 23.2 Å². The molecule has 0 spiro atoms. The Bertz CT molecular complexity index is 662. The van der Waals surface area contributed by atoms with Crippen LogP contribution in [0, 0.1) is 6.92 Å². The van der Waals surface area contributed by atoms with Crippen molar-refractivity contribution in [2.24, 2.45) is 0 Å². The minimum Gasteiger partial charge on any atom is -0.277 e. The molecule has 0 aromatic heterocycles. The van der Waals surface area contributed by atoms with E-state index in [1.165, 1.54) is 0 Å². The smallest absolute Gasteiger partial charge is 0.236 e. The van der Waals surface area contributed by atoms with Crippen molar-refractivity contribution >= 4 is 40.5 Å². The van der Waals surface area contributed by atoms with Crippen LogP contribution in [-0.2, 0) is 11.2 Å². The molecule has 2 aromatic carbocycles. The van der Waals surface area contributed by atoms with E-state index in [9.17, 15) is 4.79 Å². The number of halogens is 2. The zero-order valence-corrected chi connectivity index (χ0v) is 11.8. The summed E-state index contributed by atoms with van der Waals surface area (Å²) in [6.45, 7) is 2.00. The second-order valence-corrected chi connectivity index (χ2v) is 5.42. The number of amides is 1. The number of hydrogen-bond acceptors (Lipinski definition) is 1. The fourth-order valence-corrected chi connectivity index (χ4v) is 2.92. The van der Waals surface area contributed by atoms with Crippen LogP contribution < -0.4 is 4.90 Å². The normalized spacial score (nSPS) is 13.8. The molecule has 0 unspecified atom stereocenters. The van der Waals surface area contributed by atoms with Gasteiger partial charge in [-0.1, -0.05) is 41.4 Å². The third-order valence-corrected chi connectivity index (χ3v) is 3.84. The van der Waals surface area contributed by atoms with Crippen molar-refractivity contribution in [1.29, 1.82) is 0 Å². The summed E-state index contributed by atoms with van der Waals surface area (Å²) >= 11 is 12.4. The molecule has 19 heavy (non-hydrogen) atoms. The van der Waals surface area contributed by atoms with E-state index in [0.717, 1.165) is 16.8 Å². The molecule has 0 aliphatic carbocycles. The van der Waals surface area contributed by atoms with Crippen LogP contribution in [0.15, 0.2) is 36.4 Å². The summed E-state index contributed by atoms with van der Waals surface area (Å²) in [5.74, 6) is -0.00407. The first-order valence-corrected chi connectivity index (χ1v) is 6.70. The second-order valence-electron chi connectivity index (χ2n) is 4.61. The number of para-hydroxylation sites is 1. The Labute approximate surface area is 121 Å². The monoisotopic (exact) mass is 291 g/mol. The number of nitrogens with zero attached hydrogens (tertiary/aromatic N) is 1. The number of carbonyl (C=O) groups is 1. The molecular weight excluding hydrogens is 281 g/mol. The molecule has 0 saturated carbocycles. The first-order valence-electron chi connectivity index (χ1n) is 5.94. The van der Waals surface area contributed by atoms with E-state index in [2.05, 4.69) is 0 Å². The van der Waals surface area contributed by atoms with Crippen LogP contribution in [0.1, 0.15) is 11.1 Å². The predicted octanol–water partition coefficient (Wildman–Crippen LogP) is 4.52. The lowest BCUT2D eigenvalue weighted by Gasteiger charge is -2.20. The Morgan fingerprint density at radius 2 is 1.79 bits per heavy atom. The maximum atomic E-state index is 12.3. The summed E-state index contributed by atoms with van der Waals surface area (Å²) in [7, 11) is 0. The summed E-state index contributed by atoms with van der Waals surface area (Å²) in [6.07, 6.45) is 0.386. The number of fused-ring (bicyclic) bond motifs is 1. The fourth-order valence-electron chi connectivity index (χ4n) is 2.36. The first kappa shape index (κ1) is 12.5. The third-order valence-electron chi connectivity index (χ3n) is 3.23. The molecule has 0 radical (unpaired) electrons. The average Bonchev–Trinajstić information content (AvgIpc) is 2.66. The number of anilines is 2. The molecule has 0 saturated heterocycles. The van der Waals surface area contributed by atoms with Gasteiger partial charge in [-0.05, 0) is 36.2 Å². The summed E-state index contributed by atoms with van der Waals surface area (Å²) in [4.78, 5) is 13.9. The molecular formula is C15H11Cl2NO. The van der Waals surface area contributed by atoms with Gasteiger partial charge in [-0.25, -0.2) is 0 Å². The quantitative estimate of drug-likeness (QED) is 0.756. The average molecular weight is 292 g/mol. The number of rotatable bonds is 1. The van der Waals surface area contributed by atoms with Gasteiger partial charge in [-0.2, -0.15) is 0 Å². The van der Waals surface area contributed by atoms with Crippen LogP contribution >= 0.6 is 23.2 Å². The van der Waals surface area contributed by atoms with Crippen molar-refractivity contribution < 1.29 is 4.79 Å². The van der Waals surface area contributed by atoms with Crippen molar-refractivity contribution in [3.63, 3.8) is 0 Å². The molecule has 0 fully saturated rings. The van der Waals surface area contributed by atoms with Gasteiger partial charge >= 0.3 is 0 Å². The molecule has 2 aromatic rings. The Balaban J connectivity index is 2.22. The summed E-state index contributed by atoms with van der Waals surface area (Å²) in [6, 6.07) is 11.2. The van der Waals surface area contributed by atoms with E-state index in [0.29, 0.717) is 22.2 Å². The lowest BCUT2D eigenvalue weighted by Crippen LogP contribution is -2.21. The predicted molar refractivity (Wildman–Crippen MR) is 78.5 cm³/mol. The molecule has 2 nitrogen and oxygen atoms in total. The molecule has 0 atom stereocenters. The minimum atomic E-state index is -0.00407. The highest BCUT2D eigenvalue weighted by Crippen LogP contribution is 2.42. The first-order chi connectivity index (χ1) is 9.08. The van der Waals surface area contributed by atoms with Crippen LogP contribution in [0.2, 0.25) is 10.0 Å². The summed E-state index contributed by atoms with van der Waals surface area (Å²) < 4.78 is 0. The molecule has 96 valence electrons. The van der Waals surface area contributed by atoms with Crippen LogP contribution in [0.5, 0.6) is 0 Å². The van der Waals surface area contributed by atoms with Gasteiger partial charge in [0.25, 0.3) is 0 Å². The molecule has 0 bridgehead atoms. The van der Waals surface area contributed by atoms with Gasteiger partial charge in [0.2, 0.25) is 5.91 Å². The van der Waals surface area contributed by atoms with Crippen molar-refractivity contribution in [3.8, 4) is 0 Å². The van der Waals surface area contributed by atoms with Crippen molar-refractivity contribution in [3.05, 3.63) is 57.6 Å². The maximum Gasteiger partial charge on any atom is 0.236 e. The minimum absolute atomic E-state index is 0.00407. The van der Waals surface area contributed by atoms with E-state index < -0.39 is 0 Å². The van der Waals surface area contributed by atoms with E-state index in [1.54, 1.807) is 23.1 Å². The van der Waals surface area contributed by atoms with Gasteiger partial charge < -0.3 is 0 Å². The Morgan fingerprint density at radius 3 is 2.47 bits per heavy atom. The Kier molecular flexibility index (Phi) is 3.00. The van der Waals surface area contributed by atoms with Gasteiger partial charge in [0.15, 0.2) is 0 Å². The molecule has 0 N–H and O–H groups in total. The highest BCUT2D eigenvalue weighted by molar-refractivity contribution is 6.40. The van der Waals surface area contributed by atoms with Crippen LogP contribution in [-0.4, -0.2) is 5.91 Å². The highest BCUT2D eigenvalue weighted by atomic mass is 35.5. The summed E-state index contributed by atoms with van der Waals surface area (Å²) in [5.41, 5.74) is 3.55. The maximum absolute atomic E-state index is 12.3. The molecule has 1 amide bonds. The fraction of sp³-hybridized carbons (Fsp3) is 0.133. The van der Waals surface area contributed by atoms with Gasteiger partial charge in [0.1, 0.15) is 0 Å². The van der Waals surface area contributed by atoms with Crippen LogP contribution in [0.4, 0.5) is 11.4 Å². The SMILES string of the molecule is Cc1ccc2c(c1)N(c1c(Cl)cccc1Cl)C(=O)C2. The van der Waals surface area contributed by atoms with Gasteiger partial charge in [0.05, 0.1) is 27.8 Å². The third kappa shape index (κ3) is 2.01. The number of carbonyl (C=O) groups excluding carboxylic acids is 1. The topological polar surface area (TPSA) is 20.3 Å². The molecule has 3 rings (SSSR count). The molecule has 1 heterocycles. The number of hydrogen-bond donors (Lipinski definition) is 0. The zero-order valence-electron chi connectivity index (χ0n) is 10.3. The summed E-state index contributed by atoms with van der Waals surface area (Å²) in [5, 5.41) is 0.963. The zero-order chi connectivity index (χ0) is 13.6. The van der Waals surface area contributed by atoms with Crippen molar-refractivity contribution in [2.75, 3.05) is 4.90 Å². The molecule has 1 aliphatic rings. The Hall–Kier alpha value is -1.51. The van der Waals surface area contributed by atoms with Crippen molar-refractivity contribution in [1.82, 2.24) is 0 Å². The molecule has 4 heteroatoms. The van der Waals surface area contributed by atoms with E-state index in [-0.39, 0.29) is 5.91 Å². The second kappa shape index (κ2) is 4.55. The van der Waals surface area contributed by atoms with Gasteiger partial charge in [0, 0.05) is 0 Å². The van der Waals surface area contributed by atoms with Crippen LogP contribution in [0.25, 0.3) is 0 Å². The number of benzene rings is 2. The van der Waals surface area contributed by atoms with Crippen molar-refractivity contribution in [2.45, 2.75) is 13.3 Å². The number of aryl methyl sites for hydroxylation is 1. The van der Waals surface area contributed by atoms with Gasteiger partial charge in [-0.3, -0.25) is 9.69 Å². The molecule has 1 aliphatic heterocycles. The van der Waals surface area contributed by atoms with E-state index in [1.807, 2.05) is 25.1 Å². The standard InChI is InChI=1S/C15H11Cl2NO/c1-9-5-6-10-8-14(19)18(13(10)7-9)15-11(16)3-2-4-12(15)17/h2-7H,8H2,1H3. The lowest BCUT2D eigenvalue weighted by atomic mass is 10.1.